The molecule has 0 aliphatic carbocycles. The molecule has 1 aromatic heterocycles. The lowest BCUT2D eigenvalue weighted by Gasteiger charge is -2.25. The van der Waals surface area contributed by atoms with Crippen LogP contribution in [0.4, 0.5) is 5.13 Å². The Balaban J connectivity index is 1.57. The average molecular weight is 394 g/mol. The highest BCUT2D eigenvalue weighted by Crippen LogP contribution is 2.19. The minimum Gasteiger partial charge on any atom is -0.298 e. The highest BCUT2D eigenvalue weighted by Gasteiger charge is 2.14. The molecule has 0 radical (unpaired) electrons. The van der Waals surface area contributed by atoms with Crippen LogP contribution in [0.1, 0.15) is 40.9 Å². The number of nitrogens with one attached hydrogen (secondary N) is 1. The lowest BCUT2D eigenvalue weighted by molar-refractivity contribution is 0.102. The van der Waals surface area contributed by atoms with Crippen molar-refractivity contribution >= 4 is 32.2 Å². The van der Waals surface area contributed by atoms with Gasteiger partial charge in [0.15, 0.2) is 15.0 Å². The van der Waals surface area contributed by atoms with E-state index in [0.717, 1.165) is 25.3 Å². The Morgan fingerprint density at radius 2 is 1.88 bits per heavy atom. The van der Waals surface area contributed by atoms with Gasteiger partial charge >= 0.3 is 0 Å². The Hall–Kier alpha value is -1.77. The van der Waals surface area contributed by atoms with E-state index in [1.54, 1.807) is 24.3 Å². The van der Waals surface area contributed by atoms with Crippen molar-refractivity contribution in [1.29, 1.82) is 0 Å². The number of thiazole rings is 1. The number of hydrogen-bond acceptors (Lipinski definition) is 6. The molecule has 1 aliphatic heterocycles. The minimum atomic E-state index is -3.08. The van der Waals surface area contributed by atoms with Crippen molar-refractivity contribution in [3.8, 4) is 0 Å². The van der Waals surface area contributed by atoms with Gasteiger partial charge in [-0.15, -0.1) is 11.3 Å². The fraction of sp³-hybridized carbons (Fsp3) is 0.444. The summed E-state index contributed by atoms with van der Waals surface area (Å²) in [5.74, 6) is -0.267. The molecular weight excluding hydrogens is 370 g/mol. The van der Waals surface area contributed by atoms with Gasteiger partial charge in [0.25, 0.3) is 5.91 Å². The van der Waals surface area contributed by atoms with Gasteiger partial charge in [-0.1, -0.05) is 18.6 Å². The van der Waals surface area contributed by atoms with Gasteiger partial charge in [0.1, 0.15) is 0 Å². The van der Waals surface area contributed by atoms with E-state index in [1.165, 1.54) is 36.9 Å². The van der Waals surface area contributed by atoms with Crippen LogP contribution in [-0.4, -0.2) is 43.6 Å². The predicted molar refractivity (Wildman–Crippen MR) is 104 cm³/mol. The zero-order valence-corrected chi connectivity index (χ0v) is 16.4. The van der Waals surface area contributed by atoms with E-state index in [-0.39, 0.29) is 11.7 Å². The van der Waals surface area contributed by atoms with Crippen molar-refractivity contribution in [3.63, 3.8) is 0 Å². The van der Waals surface area contributed by atoms with Crippen LogP contribution in [0, 0.1) is 0 Å². The van der Waals surface area contributed by atoms with Gasteiger partial charge in [-0.3, -0.25) is 15.0 Å². The molecule has 2 aromatic rings. The van der Waals surface area contributed by atoms with Crippen molar-refractivity contribution in [2.24, 2.45) is 0 Å². The number of benzene rings is 1. The fourth-order valence-electron chi connectivity index (χ4n) is 3.01. The highest BCUT2D eigenvalue weighted by atomic mass is 32.2. The summed E-state index contributed by atoms with van der Waals surface area (Å²) in [6.07, 6.45) is 4.97. The van der Waals surface area contributed by atoms with Crippen LogP contribution in [0.5, 0.6) is 0 Å². The molecule has 8 heteroatoms. The van der Waals surface area contributed by atoms with Crippen molar-refractivity contribution < 1.29 is 13.2 Å². The van der Waals surface area contributed by atoms with E-state index < -0.39 is 9.84 Å². The predicted octanol–water partition coefficient (Wildman–Crippen LogP) is 2.93. The first-order chi connectivity index (χ1) is 12.4. The second-order valence-corrected chi connectivity index (χ2v) is 9.70. The third-order valence-electron chi connectivity index (χ3n) is 4.25. The van der Waals surface area contributed by atoms with E-state index in [4.69, 9.17) is 0 Å². The molecule has 0 bridgehead atoms. The van der Waals surface area contributed by atoms with Gasteiger partial charge in [-0.2, -0.15) is 0 Å². The first kappa shape index (κ1) is 19.0. The highest BCUT2D eigenvalue weighted by molar-refractivity contribution is 7.89. The summed E-state index contributed by atoms with van der Waals surface area (Å²) in [5, 5.41) is 5.39. The topological polar surface area (TPSA) is 79.4 Å². The van der Waals surface area contributed by atoms with Gasteiger partial charge < -0.3 is 0 Å². The van der Waals surface area contributed by atoms with Gasteiger partial charge in [-0.05, 0) is 43.6 Å². The molecule has 0 atom stereocenters. The molecule has 0 unspecified atom stereocenters. The summed E-state index contributed by atoms with van der Waals surface area (Å²) < 4.78 is 22.6. The Bertz CT molecular complexity index is 854. The van der Waals surface area contributed by atoms with Gasteiger partial charge in [0.2, 0.25) is 0 Å². The molecule has 1 aliphatic rings. The number of rotatable bonds is 6. The third kappa shape index (κ3) is 5.62. The van der Waals surface area contributed by atoms with Crippen LogP contribution in [0.3, 0.4) is 0 Å². The smallest absolute Gasteiger partial charge is 0.257 e. The van der Waals surface area contributed by atoms with Crippen molar-refractivity contribution in [2.75, 3.05) is 24.7 Å². The molecule has 1 saturated heterocycles. The first-order valence-electron chi connectivity index (χ1n) is 8.64. The molecule has 0 spiro atoms. The van der Waals surface area contributed by atoms with Crippen LogP contribution < -0.4 is 5.32 Å². The SMILES string of the molecule is CS(=O)(=O)Cc1ccc(C(=O)Nc2nc(CN3CCCCC3)cs2)cc1. The Kier molecular flexibility index (Phi) is 6.05. The third-order valence-corrected chi connectivity index (χ3v) is 5.92. The number of likely N-dealkylation sites (tertiary alicyclic amines) is 1. The second-order valence-electron chi connectivity index (χ2n) is 6.70. The summed E-state index contributed by atoms with van der Waals surface area (Å²) in [4.78, 5) is 19.2. The van der Waals surface area contributed by atoms with E-state index in [0.29, 0.717) is 16.3 Å². The maximum absolute atomic E-state index is 12.3. The molecule has 140 valence electrons. The summed E-state index contributed by atoms with van der Waals surface area (Å²) in [6.45, 7) is 3.05. The molecule has 0 saturated carbocycles. The summed E-state index contributed by atoms with van der Waals surface area (Å²) >= 11 is 1.42. The molecule has 26 heavy (non-hydrogen) atoms. The van der Waals surface area contributed by atoms with Crippen LogP contribution in [0.2, 0.25) is 0 Å². The molecule has 1 aromatic carbocycles. The number of sulfone groups is 1. The van der Waals surface area contributed by atoms with E-state index in [1.807, 2.05) is 5.38 Å². The molecule has 3 rings (SSSR count). The summed E-state index contributed by atoms with van der Waals surface area (Å²) in [5.41, 5.74) is 2.13. The monoisotopic (exact) mass is 393 g/mol. The summed E-state index contributed by atoms with van der Waals surface area (Å²) in [6, 6.07) is 6.61. The molecule has 1 N–H and O–H groups in total. The number of anilines is 1. The number of aromatic nitrogens is 1. The average Bonchev–Trinajstić information content (AvgIpc) is 3.02. The number of hydrogen-bond donors (Lipinski definition) is 1. The van der Waals surface area contributed by atoms with Gasteiger partial charge in [0.05, 0.1) is 11.4 Å². The largest absolute Gasteiger partial charge is 0.298 e. The van der Waals surface area contributed by atoms with Crippen molar-refractivity contribution in [3.05, 3.63) is 46.5 Å². The minimum absolute atomic E-state index is 0.0265. The number of carbonyl (C=O) groups excluding carboxylic acids is 1. The summed E-state index contributed by atoms with van der Waals surface area (Å²) in [7, 11) is -3.08. The van der Waals surface area contributed by atoms with Crippen molar-refractivity contribution in [2.45, 2.75) is 31.6 Å². The fourth-order valence-corrected chi connectivity index (χ4v) is 4.50. The number of piperidine rings is 1. The lowest BCUT2D eigenvalue weighted by atomic mass is 10.1. The van der Waals surface area contributed by atoms with E-state index >= 15 is 0 Å². The normalized spacial score (nSPS) is 15.7. The lowest BCUT2D eigenvalue weighted by Crippen LogP contribution is -2.29. The van der Waals surface area contributed by atoms with Crippen LogP contribution >= 0.6 is 11.3 Å². The maximum atomic E-state index is 12.3. The van der Waals surface area contributed by atoms with Gasteiger partial charge in [0, 0.05) is 23.7 Å². The standard InChI is InChI=1S/C18H23N3O3S2/c1-26(23,24)13-14-5-7-15(8-6-14)17(22)20-18-19-16(12-25-18)11-21-9-3-2-4-10-21/h5-8,12H,2-4,9-11,13H2,1H3,(H,19,20,22). The second kappa shape index (κ2) is 8.28. The number of carbonyl (C=O) groups is 1. The Labute approximate surface area is 158 Å². The van der Waals surface area contributed by atoms with Crippen molar-refractivity contribution in [1.82, 2.24) is 9.88 Å². The van der Waals surface area contributed by atoms with E-state index in [9.17, 15) is 13.2 Å². The van der Waals surface area contributed by atoms with E-state index in [2.05, 4.69) is 15.2 Å². The molecular formula is C18H23N3O3S2. The van der Waals surface area contributed by atoms with Crippen LogP contribution in [0.15, 0.2) is 29.6 Å². The Morgan fingerprint density at radius 1 is 1.19 bits per heavy atom. The zero-order chi connectivity index (χ0) is 18.6. The van der Waals surface area contributed by atoms with Gasteiger partial charge in [-0.25, -0.2) is 13.4 Å². The number of amides is 1. The zero-order valence-electron chi connectivity index (χ0n) is 14.8. The molecule has 1 amide bonds. The number of nitrogens with zero attached hydrogens (tertiary/aromatic N) is 2. The molecule has 1 fully saturated rings. The quantitative estimate of drug-likeness (QED) is 0.816. The Morgan fingerprint density at radius 3 is 2.54 bits per heavy atom. The molecule has 2 heterocycles. The van der Waals surface area contributed by atoms with Crippen LogP contribution in [-0.2, 0) is 22.1 Å². The molecule has 6 nitrogen and oxygen atoms in total. The maximum Gasteiger partial charge on any atom is 0.257 e. The first-order valence-corrected chi connectivity index (χ1v) is 11.6. The van der Waals surface area contributed by atoms with Crippen LogP contribution in [0.25, 0.3) is 0 Å².